The maximum Gasteiger partial charge on any atom is 0.264 e. The van der Waals surface area contributed by atoms with Gasteiger partial charge in [-0.3, -0.25) is 9.78 Å². The molecule has 26 heavy (non-hydrogen) atoms. The number of hydrogen-bond donors (Lipinski definition) is 1. The Morgan fingerprint density at radius 3 is 2.69 bits per heavy atom. The van der Waals surface area contributed by atoms with Crippen molar-refractivity contribution >= 4 is 33.3 Å². The maximum atomic E-state index is 12.8. The zero-order valence-corrected chi connectivity index (χ0v) is 16.1. The van der Waals surface area contributed by atoms with E-state index in [0.29, 0.717) is 13.1 Å². The number of nitrogens with zero attached hydrogens (tertiary/aromatic N) is 4. The van der Waals surface area contributed by atoms with E-state index >= 15 is 0 Å². The van der Waals surface area contributed by atoms with E-state index in [9.17, 15) is 4.79 Å². The van der Waals surface area contributed by atoms with Crippen molar-refractivity contribution in [3.05, 3.63) is 46.9 Å². The Morgan fingerprint density at radius 2 is 2.00 bits per heavy atom. The van der Waals surface area contributed by atoms with Crippen molar-refractivity contribution in [2.45, 2.75) is 27.2 Å². The number of amides is 1. The van der Waals surface area contributed by atoms with Crippen LogP contribution in [0.1, 0.15) is 34.8 Å². The Hall–Kier alpha value is -2.54. The second-order valence-electron chi connectivity index (χ2n) is 5.93. The van der Waals surface area contributed by atoms with Gasteiger partial charge in [-0.1, -0.05) is 6.07 Å². The molecule has 3 aromatic rings. The van der Waals surface area contributed by atoms with E-state index in [1.54, 1.807) is 12.5 Å². The van der Waals surface area contributed by atoms with Gasteiger partial charge in [0.15, 0.2) is 0 Å². The van der Waals surface area contributed by atoms with Gasteiger partial charge in [-0.15, -0.1) is 11.3 Å². The molecule has 3 rings (SSSR count). The molecular weight excluding hydrogens is 346 g/mol. The molecule has 0 unspecified atom stereocenters. The first-order valence-corrected chi connectivity index (χ1v) is 9.64. The first kappa shape index (κ1) is 18.3. The van der Waals surface area contributed by atoms with E-state index in [-0.39, 0.29) is 5.91 Å². The van der Waals surface area contributed by atoms with Crippen LogP contribution in [-0.4, -0.2) is 45.4 Å². The van der Waals surface area contributed by atoms with E-state index in [2.05, 4.69) is 20.3 Å². The zero-order chi connectivity index (χ0) is 18.5. The van der Waals surface area contributed by atoms with Gasteiger partial charge in [0.05, 0.1) is 10.3 Å². The molecule has 0 radical (unpaired) electrons. The van der Waals surface area contributed by atoms with Crippen LogP contribution >= 0.6 is 11.3 Å². The molecule has 3 aromatic heterocycles. The quantitative estimate of drug-likeness (QED) is 0.690. The third-order valence-electron chi connectivity index (χ3n) is 4.37. The number of carbonyl (C=O) groups excluding carboxylic acids is 1. The van der Waals surface area contributed by atoms with Gasteiger partial charge in [0.25, 0.3) is 5.91 Å². The Kier molecular flexibility index (Phi) is 5.78. The van der Waals surface area contributed by atoms with Gasteiger partial charge in [-0.2, -0.15) is 0 Å². The number of pyridine rings is 1. The van der Waals surface area contributed by atoms with Crippen LogP contribution in [0.4, 0.5) is 5.82 Å². The third kappa shape index (κ3) is 3.67. The molecule has 0 aliphatic carbocycles. The second kappa shape index (κ2) is 8.23. The fourth-order valence-electron chi connectivity index (χ4n) is 2.92. The standard InChI is InChI=1S/C19H23N5OS/c1-4-24(5-2)19(25)16-13(3)15-17(22-12-23-18(15)26-16)21-11-9-14-8-6-7-10-20-14/h6-8,10,12H,4-5,9,11H2,1-3H3,(H,21,22,23). The molecule has 0 spiro atoms. The molecule has 0 aliphatic heterocycles. The average Bonchev–Trinajstić information content (AvgIpc) is 3.01. The van der Waals surface area contributed by atoms with Crippen LogP contribution in [-0.2, 0) is 6.42 Å². The number of aromatic nitrogens is 3. The Labute approximate surface area is 157 Å². The number of nitrogens with one attached hydrogen (secondary N) is 1. The molecule has 0 fully saturated rings. The molecule has 0 saturated carbocycles. The van der Waals surface area contributed by atoms with Crippen molar-refractivity contribution in [2.24, 2.45) is 0 Å². The SMILES string of the molecule is CCN(CC)C(=O)c1sc2ncnc(NCCc3ccccn3)c2c1C. The summed E-state index contributed by atoms with van der Waals surface area (Å²) >= 11 is 1.44. The fraction of sp³-hybridized carbons (Fsp3) is 0.368. The van der Waals surface area contributed by atoms with Crippen LogP contribution in [0.5, 0.6) is 0 Å². The summed E-state index contributed by atoms with van der Waals surface area (Å²) in [5.74, 6) is 0.841. The molecule has 0 aliphatic rings. The van der Waals surface area contributed by atoms with Gasteiger partial charge in [0, 0.05) is 37.9 Å². The molecular formula is C19H23N5OS. The van der Waals surface area contributed by atoms with Gasteiger partial charge in [-0.05, 0) is 38.5 Å². The highest BCUT2D eigenvalue weighted by Gasteiger charge is 2.22. The van der Waals surface area contributed by atoms with Crippen molar-refractivity contribution in [1.82, 2.24) is 19.9 Å². The molecule has 0 saturated heterocycles. The number of anilines is 1. The lowest BCUT2D eigenvalue weighted by Crippen LogP contribution is -2.30. The van der Waals surface area contributed by atoms with Crippen LogP contribution in [0.25, 0.3) is 10.2 Å². The fourth-order valence-corrected chi connectivity index (χ4v) is 4.04. The first-order valence-electron chi connectivity index (χ1n) is 8.82. The maximum absolute atomic E-state index is 12.8. The summed E-state index contributed by atoms with van der Waals surface area (Å²) in [6, 6.07) is 5.90. The first-order chi connectivity index (χ1) is 12.7. The van der Waals surface area contributed by atoms with Crippen LogP contribution in [0.3, 0.4) is 0 Å². The monoisotopic (exact) mass is 369 g/mol. The molecule has 0 atom stereocenters. The van der Waals surface area contributed by atoms with Crippen molar-refractivity contribution < 1.29 is 4.79 Å². The summed E-state index contributed by atoms with van der Waals surface area (Å²) < 4.78 is 0. The smallest absolute Gasteiger partial charge is 0.264 e. The molecule has 0 bridgehead atoms. The van der Waals surface area contributed by atoms with Crippen molar-refractivity contribution in [1.29, 1.82) is 0 Å². The molecule has 3 heterocycles. The molecule has 7 heteroatoms. The minimum Gasteiger partial charge on any atom is -0.369 e. The van der Waals surface area contributed by atoms with Crippen molar-refractivity contribution in [3.63, 3.8) is 0 Å². The summed E-state index contributed by atoms with van der Waals surface area (Å²) in [5, 5.41) is 4.32. The lowest BCUT2D eigenvalue weighted by molar-refractivity contribution is 0.0777. The van der Waals surface area contributed by atoms with Gasteiger partial charge in [-0.25, -0.2) is 9.97 Å². The van der Waals surface area contributed by atoms with Crippen LogP contribution in [0, 0.1) is 6.92 Å². The lowest BCUT2D eigenvalue weighted by atomic mass is 10.2. The van der Waals surface area contributed by atoms with Gasteiger partial charge < -0.3 is 10.2 Å². The highest BCUT2D eigenvalue weighted by Crippen LogP contribution is 2.33. The number of rotatable bonds is 7. The Balaban J connectivity index is 1.84. The summed E-state index contributed by atoms with van der Waals surface area (Å²) in [7, 11) is 0. The molecule has 136 valence electrons. The largest absolute Gasteiger partial charge is 0.369 e. The topological polar surface area (TPSA) is 71.0 Å². The average molecular weight is 369 g/mol. The van der Waals surface area contributed by atoms with Gasteiger partial charge >= 0.3 is 0 Å². The van der Waals surface area contributed by atoms with Gasteiger partial charge in [0.2, 0.25) is 0 Å². The summed E-state index contributed by atoms with van der Waals surface area (Å²) in [5.41, 5.74) is 1.98. The van der Waals surface area contributed by atoms with Gasteiger partial charge in [0.1, 0.15) is 17.0 Å². The molecule has 1 N–H and O–H groups in total. The number of hydrogen-bond acceptors (Lipinski definition) is 6. The minimum absolute atomic E-state index is 0.0648. The normalized spacial score (nSPS) is 10.9. The van der Waals surface area contributed by atoms with E-state index in [1.165, 1.54) is 11.3 Å². The summed E-state index contributed by atoms with van der Waals surface area (Å²) in [4.78, 5) is 29.3. The zero-order valence-electron chi connectivity index (χ0n) is 15.3. The van der Waals surface area contributed by atoms with E-state index < -0.39 is 0 Å². The van der Waals surface area contributed by atoms with Crippen LogP contribution in [0.2, 0.25) is 0 Å². The Bertz CT molecular complexity index is 890. The molecule has 0 aromatic carbocycles. The Morgan fingerprint density at radius 1 is 1.19 bits per heavy atom. The predicted octanol–water partition coefficient (Wildman–Crippen LogP) is 3.53. The van der Waals surface area contributed by atoms with Crippen LogP contribution in [0.15, 0.2) is 30.7 Å². The number of thiophene rings is 1. The van der Waals surface area contributed by atoms with E-state index in [1.807, 2.05) is 43.9 Å². The highest BCUT2D eigenvalue weighted by molar-refractivity contribution is 7.20. The van der Waals surface area contributed by atoms with Crippen molar-refractivity contribution in [2.75, 3.05) is 25.0 Å². The summed E-state index contributed by atoms with van der Waals surface area (Å²) in [6.07, 6.45) is 4.15. The number of aryl methyl sites for hydroxylation is 1. The molecule has 1 amide bonds. The van der Waals surface area contributed by atoms with E-state index in [0.717, 1.165) is 45.1 Å². The second-order valence-corrected chi connectivity index (χ2v) is 6.93. The number of carbonyl (C=O) groups is 1. The van der Waals surface area contributed by atoms with Crippen molar-refractivity contribution in [3.8, 4) is 0 Å². The minimum atomic E-state index is 0.0648. The molecule has 6 nitrogen and oxygen atoms in total. The summed E-state index contributed by atoms with van der Waals surface area (Å²) in [6.45, 7) is 8.08. The van der Waals surface area contributed by atoms with E-state index in [4.69, 9.17) is 0 Å². The highest BCUT2D eigenvalue weighted by atomic mass is 32.1. The lowest BCUT2D eigenvalue weighted by Gasteiger charge is -2.17. The predicted molar refractivity (Wildman–Crippen MR) is 106 cm³/mol. The third-order valence-corrected chi connectivity index (χ3v) is 5.56. The number of fused-ring (bicyclic) bond motifs is 1. The van der Waals surface area contributed by atoms with Crippen LogP contribution < -0.4 is 5.32 Å².